The van der Waals surface area contributed by atoms with Gasteiger partial charge in [0.25, 0.3) is 0 Å². The van der Waals surface area contributed by atoms with Gasteiger partial charge < -0.3 is 10.4 Å². The van der Waals surface area contributed by atoms with Crippen molar-refractivity contribution in [1.82, 2.24) is 5.32 Å². The Kier molecular flexibility index (Phi) is 6.71. The van der Waals surface area contributed by atoms with Gasteiger partial charge >= 0.3 is 0 Å². The second-order valence-electron chi connectivity index (χ2n) is 3.69. The quantitative estimate of drug-likeness (QED) is 0.575. The summed E-state index contributed by atoms with van der Waals surface area (Å²) in [6.07, 6.45) is 1.11. The highest BCUT2D eigenvalue weighted by atomic mass is 32.2. The molecule has 2 N–H and O–H groups in total. The Balaban J connectivity index is 2.68. The van der Waals surface area contributed by atoms with E-state index in [9.17, 15) is 0 Å². The zero-order valence-electron chi connectivity index (χ0n) is 10.1. The Morgan fingerprint density at radius 1 is 1.47 bits per heavy atom. The predicted molar refractivity (Wildman–Crippen MR) is 71.0 cm³/mol. The van der Waals surface area contributed by atoms with Gasteiger partial charge in [0, 0.05) is 17.2 Å². The van der Waals surface area contributed by atoms with Crippen LogP contribution in [0.5, 0.6) is 0 Å². The molecule has 0 atom stereocenters. The summed E-state index contributed by atoms with van der Waals surface area (Å²) in [5.74, 6) is 0.627. The summed E-state index contributed by atoms with van der Waals surface area (Å²) in [4.78, 5) is 0.945. The van der Waals surface area contributed by atoms with Crippen molar-refractivity contribution in [3.63, 3.8) is 0 Å². The lowest BCUT2D eigenvalue weighted by molar-refractivity contribution is 0.322. The fourth-order valence-corrected chi connectivity index (χ4v) is 2.20. The van der Waals surface area contributed by atoms with Gasteiger partial charge in [-0.15, -0.1) is 11.8 Å². The molecular weight excluding hydrogens is 232 g/mol. The van der Waals surface area contributed by atoms with E-state index in [1.54, 1.807) is 0 Å². The van der Waals surface area contributed by atoms with Gasteiger partial charge in [-0.25, -0.2) is 0 Å². The minimum absolute atomic E-state index is 0.134. The van der Waals surface area contributed by atoms with Gasteiger partial charge in [-0.05, 0) is 30.7 Å². The van der Waals surface area contributed by atoms with Crippen molar-refractivity contribution >= 4 is 11.8 Å². The van der Waals surface area contributed by atoms with Crippen LogP contribution in [0, 0.1) is 11.3 Å². The Morgan fingerprint density at radius 3 is 2.94 bits per heavy atom. The Bertz CT molecular complexity index is 387. The molecule has 0 aliphatic heterocycles. The molecule has 92 valence electrons. The largest absolute Gasteiger partial charge is 0.396 e. The zero-order chi connectivity index (χ0) is 12.5. The smallest absolute Gasteiger partial charge is 0.100 e. The van der Waals surface area contributed by atoms with E-state index in [4.69, 9.17) is 10.4 Å². The molecule has 0 aliphatic rings. The number of benzene rings is 1. The summed E-state index contributed by atoms with van der Waals surface area (Å²) in [5.41, 5.74) is 1.82. The van der Waals surface area contributed by atoms with Crippen molar-refractivity contribution in [2.45, 2.75) is 24.8 Å². The average molecular weight is 250 g/mol. The molecule has 0 amide bonds. The molecule has 3 nitrogen and oxygen atoms in total. The Hall–Kier alpha value is -1.02. The molecule has 0 aliphatic carbocycles. The fraction of sp³-hybridized carbons (Fsp3) is 0.462. The molecule has 1 rings (SSSR count). The molecule has 1 aromatic rings. The minimum Gasteiger partial charge on any atom is -0.396 e. The fourth-order valence-electron chi connectivity index (χ4n) is 1.47. The van der Waals surface area contributed by atoms with Crippen molar-refractivity contribution < 1.29 is 5.11 Å². The second-order valence-corrected chi connectivity index (χ2v) is 4.83. The van der Waals surface area contributed by atoms with Gasteiger partial charge in [-0.2, -0.15) is 5.26 Å². The van der Waals surface area contributed by atoms with Crippen LogP contribution in [-0.2, 0) is 6.54 Å². The van der Waals surface area contributed by atoms with Crippen molar-refractivity contribution in [2.24, 2.45) is 0 Å². The maximum Gasteiger partial charge on any atom is 0.100 e. The van der Waals surface area contributed by atoms with Crippen LogP contribution in [0.1, 0.15) is 24.5 Å². The molecule has 0 unspecified atom stereocenters. The van der Waals surface area contributed by atoms with Gasteiger partial charge in [-0.3, -0.25) is 0 Å². The first-order valence-electron chi connectivity index (χ1n) is 5.79. The van der Waals surface area contributed by atoms with E-state index in [0.717, 1.165) is 30.0 Å². The molecule has 4 heteroatoms. The highest BCUT2D eigenvalue weighted by molar-refractivity contribution is 7.99. The Labute approximate surface area is 107 Å². The number of hydrogen-bond donors (Lipinski definition) is 2. The summed E-state index contributed by atoms with van der Waals surface area (Å²) in [5, 5.41) is 21.2. The number of hydrogen-bond acceptors (Lipinski definition) is 4. The van der Waals surface area contributed by atoms with Crippen molar-refractivity contribution in [3.05, 3.63) is 29.3 Å². The molecular formula is C13H18N2OS. The number of thioether (sulfide) groups is 1. The maximum absolute atomic E-state index is 9.07. The number of rotatable bonds is 7. The van der Waals surface area contributed by atoms with E-state index in [-0.39, 0.29) is 6.61 Å². The lowest BCUT2D eigenvalue weighted by Crippen LogP contribution is -2.13. The third-order valence-electron chi connectivity index (χ3n) is 2.27. The van der Waals surface area contributed by atoms with Crippen LogP contribution >= 0.6 is 11.8 Å². The molecule has 0 bridgehead atoms. The third kappa shape index (κ3) is 4.78. The predicted octanol–water partition coefficient (Wildman–Crippen LogP) is 2.14. The first kappa shape index (κ1) is 14.0. The van der Waals surface area contributed by atoms with E-state index in [0.29, 0.717) is 11.3 Å². The SMILES string of the molecule is CCCNCc1ccc(SCCO)c(C#N)c1. The van der Waals surface area contributed by atoms with Gasteiger partial charge in [0.05, 0.1) is 12.2 Å². The topological polar surface area (TPSA) is 56.0 Å². The van der Waals surface area contributed by atoms with E-state index in [1.807, 2.05) is 18.2 Å². The molecule has 0 aromatic heterocycles. The van der Waals surface area contributed by atoms with Crippen molar-refractivity contribution in [1.29, 1.82) is 5.26 Å². The van der Waals surface area contributed by atoms with Crippen LogP contribution in [0.4, 0.5) is 0 Å². The van der Waals surface area contributed by atoms with Crippen LogP contribution in [0.3, 0.4) is 0 Å². The first-order valence-corrected chi connectivity index (χ1v) is 6.77. The monoisotopic (exact) mass is 250 g/mol. The third-order valence-corrected chi connectivity index (χ3v) is 3.32. The number of aliphatic hydroxyl groups excluding tert-OH is 1. The molecule has 0 heterocycles. The van der Waals surface area contributed by atoms with Crippen LogP contribution in [0.25, 0.3) is 0 Å². The van der Waals surface area contributed by atoms with E-state index >= 15 is 0 Å². The van der Waals surface area contributed by atoms with Gasteiger partial charge in [0.15, 0.2) is 0 Å². The summed E-state index contributed by atoms with van der Waals surface area (Å²) < 4.78 is 0. The van der Waals surface area contributed by atoms with E-state index < -0.39 is 0 Å². The number of nitriles is 1. The molecule has 0 radical (unpaired) electrons. The minimum atomic E-state index is 0.134. The summed E-state index contributed by atoms with van der Waals surface area (Å²) in [6, 6.07) is 8.12. The molecule has 1 aromatic carbocycles. The standard InChI is InChI=1S/C13H18N2OS/c1-2-5-15-10-11-3-4-13(17-7-6-16)12(8-11)9-14/h3-4,8,15-16H,2,5-7,10H2,1H3. The van der Waals surface area contributed by atoms with Crippen LogP contribution in [0.15, 0.2) is 23.1 Å². The summed E-state index contributed by atoms with van der Waals surface area (Å²) >= 11 is 1.52. The summed E-state index contributed by atoms with van der Waals surface area (Å²) in [7, 11) is 0. The van der Waals surface area contributed by atoms with Gasteiger partial charge in [0.2, 0.25) is 0 Å². The highest BCUT2D eigenvalue weighted by Crippen LogP contribution is 2.23. The molecule has 0 saturated carbocycles. The molecule has 17 heavy (non-hydrogen) atoms. The van der Waals surface area contributed by atoms with Crippen LogP contribution in [-0.4, -0.2) is 24.0 Å². The molecule has 0 fully saturated rings. The second kappa shape index (κ2) is 8.13. The van der Waals surface area contributed by atoms with Gasteiger partial charge in [-0.1, -0.05) is 13.0 Å². The average Bonchev–Trinajstić information content (AvgIpc) is 2.37. The van der Waals surface area contributed by atoms with Gasteiger partial charge in [0.1, 0.15) is 6.07 Å². The number of aliphatic hydroxyl groups is 1. The normalized spacial score (nSPS) is 10.2. The van der Waals surface area contributed by atoms with Crippen molar-refractivity contribution in [3.8, 4) is 6.07 Å². The van der Waals surface area contributed by atoms with E-state index in [2.05, 4.69) is 18.3 Å². The molecule has 0 spiro atoms. The molecule has 0 saturated heterocycles. The van der Waals surface area contributed by atoms with Crippen molar-refractivity contribution in [2.75, 3.05) is 18.9 Å². The Morgan fingerprint density at radius 2 is 2.29 bits per heavy atom. The zero-order valence-corrected chi connectivity index (χ0v) is 10.9. The maximum atomic E-state index is 9.07. The lowest BCUT2D eigenvalue weighted by atomic mass is 10.1. The summed E-state index contributed by atoms with van der Waals surface area (Å²) in [6.45, 7) is 4.05. The van der Waals surface area contributed by atoms with E-state index in [1.165, 1.54) is 11.8 Å². The lowest BCUT2D eigenvalue weighted by Gasteiger charge is -2.07. The number of nitrogens with one attached hydrogen (secondary N) is 1. The number of nitrogens with zero attached hydrogens (tertiary/aromatic N) is 1. The van der Waals surface area contributed by atoms with Crippen LogP contribution in [0.2, 0.25) is 0 Å². The first-order chi connectivity index (χ1) is 8.31. The van der Waals surface area contributed by atoms with Crippen LogP contribution < -0.4 is 5.32 Å². The highest BCUT2D eigenvalue weighted by Gasteiger charge is 2.03.